The number of piperidine rings is 1. The van der Waals surface area contributed by atoms with E-state index >= 15 is 0 Å². The maximum absolute atomic E-state index is 12.5. The number of sulfonamides is 1. The largest absolute Gasteiger partial charge is 0.440 e. The predicted molar refractivity (Wildman–Crippen MR) is 114 cm³/mol. The van der Waals surface area contributed by atoms with Crippen molar-refractivity contribution < 1.29 is 17.6 Å². The zero-order valence-corrected chi connectivity index (χ0v) is 17.8. The number of benzene rings is 2. The van der Waals surface area contributed by atoms with E-state index in [-0.39, 0.29) is 29.7 Å². The van der Waals surface area contributed by atoms with Crippen molar-refractivity contribution in [2.75, 3.05) is 19.6 Å². The van der Waals surface area contributed by atoms with E-state index in [0.29, 0.717) is 18.1 Å². The molecule has 1 aromatic heterocycles. The molecule has 4 rings (SSSR count). The number of nitrogens with zero attached hydrogens (tertiary/aromatic N) is 2. The number of fused-ring (bicyclic) bond motifs is 1. The molecule has 1 amide bonds. The van der Waals surface area contributed by atoms with E-state index in [1.54, 1.807) is 4.90 Å². The Labute approximate surface area is 180 Å². The first kappa shape index (κ1) is 20.8. The molecule has 1 aliphatic rings. The SMILES string of the molecule is O=C(CCNS(=O)(=O)c1ccc(Cl)cc1)N1CCC(c2nc3ccccc3o2)CC1. The second-order valence-electron chi connectivity index (χ2n) is 7.28. The van der Waals surface area contributed by atoms with Gasteiger partial charge in [-0.3, -0.25) is 4.79 Å². The summed E-state index contributed by atoms with van der Waals surface area (Å²) in [6.45, 7) is 1.26. The summed E-state index contributed by atoms with van der Waals surface area (Å²) in [5.41, 5.74) is 1.62. The fraction of sp³-hybridized carbons (Fsp3) is 0.333. The van der Waals surface area contributed by atoms with Crippen molar-refractivity contribution in [3.05, 3.63) is 59.4 Å². The van der Waals surface area contributed by atoms with E-state index in [4.69, 9.17) is 16.0 Å². The number of carbonyl (C=O) groups excluding carboxylic acids is 1. The zero-order valence-electron chi connectivity index (χ0n) is 16.3. The summed E-state index contributed by atoms with van der Waals surface area (Å²) < 4.78 is 32.9. The average molecular weight is 448 g/mol. The third-order valence-corrected chi connectivity index (χ3v) is 6.99. The molecule has 7 nitrogen and oxygen atoms in total. The summed E-state index contributed by atoms with van der Waals surface area (Å²) in [6, 6.07) is 13.6. The number of carbonyl (C=O) groups is 1. The van der Waals surface area contributed by atoms with Gasteiger partial charge in [0, 0.05) is 37.0 Å². The van der Waals surface area contributed by atoms with Gasteiger partial charge in [0.25, 0.3) is 0 Å². The Bertz CT molecular complexity index is 1100. The van der Waals surface area contributed by atoms with E-state index in [0.717, 1.165) is 29.8 Å². The highest BCUT2D eigenvalue weighted by Gasteiger charge is 2.27. The van der Waals surface area contributed by atoms with E-state index in [2.05, 4.69) is 9.71 Å². The molecule has 3 aromatic rings. The zero-order chi connectivity index (χ0) is 21.1. The lowest BCUT2D eigenvalue weighted by Crippen LogP contribution is -2.39. The molecule has 0 bridgehead atoms. The highest BCUT2D eigenvalue weighted by Crippen LogP contribution is 2.30. The molecule has 9 heteroatoms. The van der Waals surface area contributed by atoms with Crippen LogP contribution in [0.15, 0.2) is 57.8 Å². The summed E-state index contributed by atoms with van der Waals surface area (Å²) in [5.74, 6) is 0.841. The Hall–Kier alpha value is -2.42. The average Bonchev–Trinajstić information content (AvgIpc) is 3.18. The van der Waals surface area contributed by atoms with Crippen LogP contribution >= 0.6 is 11.6 Å². The standard InChI is InChI=1S/C21H22ClN3O4S/c22-16-5-7-17(8-6-16)30(27,28)23-12-9-20(26)25-13-10-15(11-14-25)21-24-18-3-1-2-4-19(18)29-21/h1-8,15,23H,9-14H2. The minimum atomic E-state index is -3.66. The summed E-state index contributed by atoms with van der Waals surface area (Å²) >= 11 is 5.79. The fourth-order valence-corrected chi connectivity index (χ4v) is 4.75. The van der Waals surface area contributed by atoms with Crippen molar-refractivity contribution >= 4 is 38.6 Å². The highest BCUT2D eigenvalue weighted by molar-refractivity contribution is 7.89. The topological polar surface area (TPSA) is 92.5 Å². The smallest absolute Gasteiger partial charge is 0.240 e. The maximum Gasteiger partial charge on any atom is 0.240 e. The number of hydrogen-bond donors (Lipinski definition) is 1. The summed E-state index contributed by atoms with van der Waals surface area (Å²) in [7, 11) is -3.66. The Balaban J connectivity index is 1.26. The van der Waals surface area contributed by atoms with Gasteiger partial charge in [0.15, 0.2) is 11.5 Å². The number of aromatic nitrogens is 1. The monoisotopic (exact) mass is 447 g/mol. The number of para-hydroxylation sites is 2. The minimum absolute atomic E-state index is 0.0504. The van der Waals surface area contributed by atoms with Gasteiger partial charge in [0.1, 0.15) is 5.52 Å². The number of halogens is 1. The van der Waals surface area contributed by atoms with Gasteiger partial charge < -0.3 is 9.32 Å². The van der Waals surface area contributed by atoms with Gasteiger partial charge in [-0.2, -0.15) is 0 Å². The molecule has 0 unspecified atom stereocenters. The first-order valence-electron chi connectivity index (χ1n) is 9.81. The Morgan fingerprint density at radius 3 is 2.53 bits per heavy atom. The molecule has 2 heterocycles. The number of likely N-dealkylation sites (tertiary alicyclic amines) is 1. The third-order valence-electron chi connectivity index (χ3n) is 5.26. The van der Waals surface area contributed by atoms with Crippen LogP contribution in [-0.2, 0) is 14.8 Å². The van der Waals surface area contributed by atoms with Crippen LogP contribution in [0.4, 0.5) is 0 Å². The van der Waals surface area contributed by atoms with Gasteiger partial charge >= 0.3 is 0 Å². The molecule has 0 atom stereocenters. The Morgan fingerprint density at radius 2 is 1.83 bits per heavy atom. The van der Waals surface area contributed by atoms with Crippen LogP contribution in [-0.4, -0.2) is 43.8 Å². The summed E-state index contributed by atoms with van der Waals surface area (Å²) in [4.78, 5) is 18.9. The van der Waals surface area contributed by atoms with Crippen molar-refractivity contribution in [2.45, 2.75) is 30.1 Å². The fourth-order valence-electron chi connectivity index (χ4n) is 3.59. The van der Waals surface area contributed by atoms with Gasteiger partial charge in [-0.25, -0.2) is 18.1 Å². The lowest BCUT2D eigenvalue weighted by molar-refractivity contribution is -0.132. The van der Waals surface area contributed by atoms with Crippen LogP contribution < -0.4 is 4.72 Å². The molecule has 158 valence electrons. The second kappa shape index (κ2) is 8.75. The van der Waals surface area contributed by atoms with Crippen LogP contribution in [0.3, 0.4) is 0 Å². The molecular formula is C21H22ClN3O4S. The highest BCUT2D eigenvalue weighted by atomic mass is 35.5. The number of oxazole rings is 1. The van der Waals surface area contributed by atoms with Gasteiger partial charge in [-0.05, 0) is 49.2 Å². The van der Waals surface area contributed by atoms with Crippen molar-refractivity contribution in [1.29, 1.82) is 0 Å². The predicted octanol–water partition coefficient (Wildman–Crippen LogP) is 3.56. The van der Waals surface area contributed by atoms with E-state index in [1.807, 2.05) is 24.3 Å². The minimum Gasteiger partial charge on any atom is -0.440 e. The van der Waals surface area contributed by atoms with Crippen LogP contribution in [0.2, 0.25) is 5.02 Å². The molecule has 1 saturated heterocycles. The first-order chi connectivity index (χ1) is 14.4. The Kier molecular flexibility index (Phi) is 6.08. The van der Waals surface area contributed by atoms with Gasteiger partial charge in [0.05, 0.1) is 4.90 Å². The van der Waals surface area contributed by atoms with Crippen LogP contribution in [0.1, 0.15) is 31.1 Å². The second-order valence-corrected chi connectivity index (χ2v) is 9.48. The molecular weight excluding hydrogens is 426 g/mol. The van der Waals surface area contributed by atoms with Gasteiger partial charge in [-0.15, -0.1) is 0 Å². The van der Waals surface area contributed by atoms with Crippen molar-refractivity contribution in [1.82, 2.24) is 14.6 Å². The number of hydrogen-bond acceptors (Lipinski definition) is 5. The molecule has 1 fully saturated rings. The molecule has 0 spiro atoms. The maximum atomic E-state index is 12.5. The molecule has 0 saturated carbocycles. The number of amides is 1. The van der Waals surface area contributed by atoms with Crippen molar-refractivity contribution in [2.24, 2.45) is 0 Å². The third kappa shape index (κ3) is 4.66. The molecule has 0 aliphatic carbocycles. The molecule has 30 heavy (non-hydrogen) atoms. The van der Waals surface area contributed by atoms with E-state index < -0.39 is 10.0 Å². The Morgan fingerprint density at radius 1 is 1.13 bits per heavy atom. The molecule has 2 aromatic carbocycles. The molecule has 1 N–H and O–H groups in total. The van der Waals surface area contributed by atoms with Gasteiger partial charge in [0.2, 0.25) is 15.9 Å². The first-order valence-corrected chi connectivity index (χ1v) is 11.7. The van der Waals surface area contributed by atoms with Crippen molar-refractivity contribution in [3.63, 3.8) is 0 Å². The van der Waals surface area contributed by atoms with Crippen LogP contribution in [0.25, 0.3) is 11.1 Å². The number of nitrogens with one attached hydrogen (secondary N) is 1. The summed E-state index contributed by atoms with van der Waals surface area (Å²) in [5, 5.41) is 0.463. The van der Waals surface area contributed by atoms with Crippen molar-refractivity contribution in [3.8, 4) is 0 Å². The van der Waals surface area contributed by atoms with E-state index in [1.165, 1.54) is 24.3 Å². The molecule has 0 radical (unpaired) electrons. The lowest BCUT2D eigenvalue weighted by atomic mass is 9.96. The number of rotatable bonds is 6. The molecule has 1 aliphatic heterocycles. The van der Waals surface area contributed by atoms with E-state index in [9.17, 15) is 13.2 Å². The van der Waals surface area contributed by atoms with Gasteiger partial charge in [-0.1, -0.05) is 23.7 Å². The normalized spacial score (nSPS) is 15.6. The quantitative estimate of drug-likeness (QED) is 0.623. The van der Waals surface area contributed by atoms with Crippen LogP contribution in [0.5, 0.6) is 0 Å². The summed E-state index contributed by atoms with van der Waals surface area (Å²) in [6.07, 6.45) is 1.66. The van der Waals surface area contributed by atoms with Crippen LogP contribution in [0, 0.1) is 0 Å². The lowest BCUT2D eigenvalue weighted by Gasteiger charge is -2.30.